The highest BCUT2D eigenvalue weighted by molar-refractivity contribution is 8.00. The molecule has 1 heterocycles. The van der Waals surface area contributed by atoms with Crippen LogP contribution in [0.15, 0.2) is 77.7 Å². The molecule has 1 unspecified atom stereocenters. The molecule has 1 aliphatic heterocycles. The quantitative estimate of drug-likeness (QED) is 0.548. The first-order valence-corrected chi connectivity index (χ1v) is 12.2. The molecule has 0 aliphatic carbocycles. The number of rotatable bonds is 6. The van der Waals surface area contributed by atoms with Crippen LogP contribution in [0.3, 0.4) is 0 Å². The van der Waals surface area contributed by atoms with Gasteiger partial charge in [-0.3, -0.25) is 14.4 Å². The predicted molar refractivity (Wildman–Crippen MR) is 124 cm³/mol. The Morgan fingerprint density at radius 1 is 1.03 bits per heavy atom. The Kier molecular flexibility index (Phi) is 6.13. The first-order valence-electron chi connectivity index (χ1n) is 9.34. The lowest BCUT2D eigenvalue weighted by Crippen LogP contribution is -2.28. The molecule has 4 rings (SSSR count). The summed E-state index contributed by atoms with van der Waals surface area (Å²) in [4.78, 5) is 14.5. The van der Waals surface area contributed by atoms with Gasteiger partial charge in [0.2, 0.25) is 5.91 Å². The van der Waals surface area contributed by atoms with Crippen molar-refractivity contribution in [2.75, 3.05) is 22.5 Å². The number of halogens is 1. The molecule has 160 valence electrons. The molecule has 1 N–H and O–H groups in total. The Morgan fingerprint density at radius 2 is 1.71 bits per heavy atom. The summed E-state index contributed by atoms with van der Waals surface area (Å²) in [5.74, 6) is 0.968. The first-order chi connectivity index (χ1) is 14.9. The van der Waals surface area contributed by atoms with Crippen LogP contribution in [0.2, 0.25) is 5.02 Å². The Bertz CT molecular complexity index is 1200. The molecule has 0 radical (unpaired) electrons. The summed E-state index contributed by atoms with van der Waals surface area (Å²) in [5.41, 5.74) is 2.02. The zero-order chi connectivity index (χ0) is 22.0. The molecule has 9 heteroatoms. The van der Waals surface area contributed by atoms with Gasteiger partial charge in [-0.05, 0) is 54.1 Å². The van der Waals surface area contributed by atoms with Gasteiger partial charge in [-0.15, -0.1) is 11.8 Å². The molecule has 3 aromatic carbocycles. The summed E-state index contributed by atoms with van der Waals surface area (Å²) in [6.45, 7) is 0. The molecule has 0 aromatic heterocycles. The third-order valence-corrected chi connectivity index (χ3v) is 7.65. The van der Waals surface area contributed by atoms with Gasteiger partial charge in [0.1, 0.15) is 11.1 Å². The Morgan fingerprint density at radius 3 is 2.39 bits per heavy atom. The molecule has 1 amide bonds. The van der Waals surface area contributed by atoms with E-state index in [1.165, 1.54) is 36.0 Å². The molecule has 0 saturated carbocycles. The highest BCUT2D eigenvalue weighted by Crippen LogP contribution is 2.44. The highest BCUT2D eigenvalue weighted by Gasteiger charge is 2.35. The maximum atomic E-state index is 12.6. The molecular formula is C22H19ClN2O4S2. The van der Waals surface area contributed by atoms with Crippen LogP contribution in [0.25, 0.3) is 0 Å². The maximum absolute atomic E-state index is 12.6. The molecule has 1 atom stereocenters. The van der Waals surface area contributed by atoms with E-state index in [4.69, 9.17) is 16.3 Å². The molecule has 1 saturated heterocycles. The van der Waals surface area contributed by atoms with Crippen LogP contribution in [0.1, 0.15) is 10.9 Å². The van der Waals surface area contributed by atoms with E-state index in [9.17, 15) is 13.2 Å². The van der Waals surface area contributed by atoms with Crippen molar-refractivity contribution in [2.45, 2.75) is 10.3 Å². The van der Waals surface area contributed by atoms with Crippen LogP contribution in [0.4, 0.5) is 11.4 Å². The minimum atomic E-state index is -3.73. The maximum Gasteiger partial charge on any atom is 0.261 e. The van der Waals surface area contributed by atoms with Gasteiger partial charge in [0.25, 0.3) is 10.0 Å². The van der Waals surface area contributed by atoms with E-state index in [-0.39, 0.29) is 16.2 Å². The van der Waals surface area contributed by atoms with Crippen LogP contribution in [0, 0.1) is 0 Å². The monoisotopic (exact) mass is 474 g/mol. The average Bonchev–Trinajstić information content (AvgIpc) is 3.15. The molecule has 31 heavy (non-hydrogen) atoms. The number of anilines is 2. The molecular weight excluding hydrogens is 456 g/mol. The van der Waals surface area contributed by atoms with Gasteiger partial charge >= 0.3 is 0 Å². The molecule has 0 spiro atoms. The number of hydrogen-bond donors (Lipinski definition) is 1. The van der Waals surface area contributed by atoms with Crippen molar-refractivity contribution in [3.05, 3.63) is 83.4 Å². The Balaban J connectivity index is 1.57. The number of carbonyl (C=O) groups is 1. The van der Waals surface area contributed by atoms with Crippen LogP contribution < -0.4 is 14.4 Å². The zero-order valence-electron chi connectivity index (χ0n) is 16.5. The Labute approximate surface area is 190 Å². The summed E-state index contributed by atoms with van der Waals surface area (Å²) in [6.07, 6.45) is 0. The number of benzene rings is 3. The lowest BCUT2D eigenvalue weighted by atomic mass is 10.1. The predicted octanol–water partition coefficient (Wildman–Crippen LogP) is 4.93. The third-order valence-electron chi connectivity index (χ3n) is 4.78. The topological polar surface area (TPSA) is 75.7 Å². The second-order valence-electron chi connectivity index (χ2n) is 6.78. The van der Waals surface area contributed by atoms with E-state index in [1.54, 1.807) is 24.1 Å². The molecule has 1 fully saturated rings. The van der Waals surface area contributed by atoms with Crippen LogP contribution in [-0.4, -0.2) is 27.2 Å². The van der Waals surface area contributed by atoms with Gasteiger partial charge < -0.3 is 4.74 Å². The standard InChI is InChI=1S/C22H19ClN2O4S2/c1-29-20-5-3-2-4-19(20)25-21(26)14-30-22(25)15-6-10-17(11-7-15)24-31(27,28)18-12-8-16(23)9-13-18/h2-13,22,24H,14H2,1H3. The number of nitrogens with zero attached hydrogens (tertiary/aromatic N) is 1. The zero-order valence-corrected chi connectivity index (χ0v) is 18.9. The summed E-state index contributed by atoms with van der Waals surface area (Å²) in [6, 6.07) is 20.3. The number of nitrogens with one attached hydrogen (secondary N) is 1. The van der Waals surface area contributed by atoms with E-state index in [2.05, 4.69) is 4.72 Å². The Hall–Kier alpha value is -2.68. The van der Waals surface area contributed by atoms with E-state index in [0.717, 1.165) is 5.56 Å². The molecule has 1 aliphatic rings. The van der Waals surface area contributed by atoms with Gasteiger partial charge in [-0.1, -0.05) is 35.9 Å². The summed E-state index contributed by atoms with van der Waals surface area (Å²) >= 11 is 7.35. The number of ether oxygens (including phenoxy) is 1. The molecule has 3 aromatic rings. The largest absolute Gasteiger partial charge is 0.495 e. The summed E-state index contributed by atoms with van der Waals surface area (Å²) in [7, 11) is -2.16. The van der Waals surface area contributed by atoms with Crippen molar-refractivity contribution in [1.29, 1.82) is 0 Å². The van der Waals surface area contributed by atoms with Gasteiger partial charge in [0.15, 0.2) is 0 Å². The van der Waals surface area contributed by atoms with Crippen molar-refractivity contribution in [2.24, 2.45) is 0 Å². The van der Waals surface area contributed by atoms with Gasteiger partial charge in [0.05, 0.1) is 23.4 Å². The number of thioether (sulfide) groups is 1. The lowest BCUT2D eigenvalue weighted by molar-refractivity contribution is -0.115. The molecule has 6 nitrogen and oxygen atoms in total. The minimum absolute atomic E-state index is 0.00739. The molecule has 0 bridgehead atoms. The van der Waals surface area contributed by atoms with Crippen molar-refractivity contribution < 1.29 is 17.9 Å². The van der Waals surface area contributed by atoms with Crippen molar-refractivity contribution >= 4 is 50.7 Å². The van der Waals surface area contributed by atoms with Gasteiger partial charge in [-0.2, -0.15) is 0 Å². The first kappa shape index (κ1) is 21.5. The van der Waals surface area contributed by atoms with Crippen LogP contribution in [0.5, 0.6) is 5.75 Å². The minimum Gasteiger partial charge on any atom is -0.495 e. The van der Waals surface area contributed by atoms with E-state index in [1.807, 2.05) is 36.4 Å². The van der Waals surface area contributed by atoms with Crippen molar-refractivity contribution in [3.63, 3.8) is 0 Å². The van der Waals surface area contributed by atoms with Gasteiger partial charge in [-0.25, -0.2) is 8.42 Å². The van der Waals surface area contributed by atoms with Crippen LogP contribution in [-0.2, 0) is 14.8 Å². The third kappa shape index (κ3) is 4.51. The van der Waals surface area contributed by atoms with Crippen molar-refractivity contribution in [3.8, 4) is 5.75 Å². The normalized spacial score (nSPS) is 16.4. The van der Waals surface area contributed by atoms with Gasteiger partial charge in [0, 0.05) is 10.7 Å². The number of methoxy groups -OCH3 is 1. The van der Waals surface area contributed by atoms with Crippen molar-refractivity contribution in [1.82, 2.24) is 0 Å². The van der Waals surface area contributed by atoms with E-state index in [0.29, 0.717) is 27.9 Å². The van der Waals surface area contributed by atoms with E-state index >= 15 is 0 Å². The number of carbonyl (C=O) groups excluding carboxylic acids is 1. The second kappa shape index (κ2) is 8.82. The summed E-state index contributed by atoms with van der Waals surface area (Å²) in [5, 5.41) is 0.234. The van der Waals surface area contributed by atoms with E-state index < -0.39 is 10.0 Å². The number of hydrogen-bond acceptors (Lipinski definition) is 5. The van der Waals surface area contributed by atoms with Crippen LogP contribution >= 0.6 is 23.4 Å². The number of para-hydroxylation sites is 2. The smallest absolute Gasteiger partial charge is 0.261 e. The fraction of sp³-hybridized carbons (Fsp3) is 0.136. The number of sulfonamides is 1. The number of amides is 1. The highest BCUT2D eigenvalue weighted by atomic mass is 35.5. The fourth-order valence-electron chi connectivity index (χ4n) is 3.30. The second-order valence-corrected chi connectivity index (χ2v) is 9.97. The summed E-state index contributed by atoms with van der Waals surface area (Å²) < 4.78 is 33.1. The fourth-order valence-corrected chi connectivity index (χ4v) is 5.66. The average molecular weight is 475 g/mol. The SMILES string of the molecule is COc1ccccc1N1C(=O)CSC1c1ccc(NS(=O)(=O)c2ccc(Cl)cc2)cc1. The lowest BCUT2D eigenvalue weighted by Gasteiger charge is -2.26.